The smallest absolute Gasteiger partial charge is 0.264 e. The van der Waals surface area contributed by atoms with Crippen LogP contribution in [0.2, 0.25) is 0 Å². The van der Waals surface area contributed by atoms with Crippen molar-refractivity contribution in [3.05, 3.63) is 102 Å². The van der Waals surface area contributed by atoms with E-state index in [9.17, 15) is 13.2 Å². The van der Waals surface area contributed by atoms with Gasteiger partial charge in [0.2, 0.25) is 0 Å². The second kappa shape index (κ2) is 10.2. The molecule has 3 heterocycles. The summed E-state index contributed by atoms with van der Waals surface area (Å²) in [5, 5.41) is 0.754. The summed E-state index contributed by atoms with van der Waals surface area (Å²) in [5.41, 5.74) is 2.69. The van der Waals surface area contributed by atoms with Crippen LogP contribution in [0.25, 0.3) is 10.9 Å². The largest absolute Gasteiger partial charge is 0.337 e. The lowest BCUT2D eigenvalue weighted by Crippen LogP contribution is -2.43. The molecule has 0 saturated carbocycles. The van der Waals surface area contributed by atoms with Gasteiger partial charge >= 0.3 is 0 Å². The van der Waals surface area contributed by atoms with Gasteiger partial charge in [-0.05, 0) is 60.7 Å². The minimum absolute atomic E-state index is 0.00938. The van der Waals surface area contributed by atoms with Crippen molar-refractivity contribution < 1.29 is 13.2 Å². The SMILES string of the molecule is O=C(c1ccc(NS(=O)(=O)c2cccc3cccnc23)cc1)N1CCC2CC(C1)N(Cc1ccccc1)C2. The van der Waals surface area contributed by atoms with Crippen molar-refractivity contribution in [2.45, 2.75) is 30.3 Å². The fraction of sp³-hybridized carbons (Fsp3) is 0.267. The van der Waals surface area contributed by atoms with Crippen molar-refractivity contribution in [1.29, 1.82) is 0 Å². The molecule has 0 aliphatic carbocycles. The summed E-state index contributed by atoms with van der Waals surface area (Å²) in [4.78, 5) is 22.3. The third-order valence-corrected chi connectivity index (χ3v) is 9.05. The van der Waals surface area contributed by atoms with Crippen molar-refractivity contribution >= 4 is 32.5 Å². The zero-order valence-corrected chi connectivity index (χ0v) is 21.8. The number of aromatic nitrogens is 1. The van der Waals surface area contributed by atoms with Crippen molar-refractivity contribution in [3.8, 4) is 0 Å². The maximum absolute atomic E-state index is 13.4. The Labute approximate surface area is 223 Å². The number of pyridine rings is 1. The van der Waals surface area contributed by atoms with Crippen molar-refractivity contribution in [2.24, 2.45) is 5.92 Å². The van der Waals surface area contributed by atoms with E-state index in [1.54, 1.807) is 48.7 Å². The molecule has 2 atom stereocenters. The van der Waals surface area contributed by atoms with E-state index >= 15 is 0 Å². The van der Waals surface area contributed by atoms with Crippen molar-refractivity contribution in [1.82, 2.24) is 14.8 Å². The fourth-order valence-corrected chi connectivity index (χ4v) is 6.97. The molecule has 7 nitrogen and oxygen atoms in total. The summed E-state index contributed by atoms with van der Waals surface area (Å²) in [7, 11) is -3.85. The van der Waals surface area contributed by atoms with Gasteiger partial charge in [-0.15, -0.1) is 0 Å². The highest BCUT2D eigenvalue weighted by molar-refractivity contribution is 7.93. The van der Waals surface area contributed by atoms with Gasteiger partial charge in [-0.25, -0.2) is 8.42 Å². The summed E-state index contributed by atoms with van der Waals surface area (Å²) in [6.07, 6.45) is 3.71. The van der Waals surface area contributed by atoms with E-state index in [1.807, 2.05) is 23.1 Å². The van der Waals surface area contributed by atoms with Gasteiger partial charge in [0.15, 0.2) is 0 Å². The van der Waals surface area contributed by atoms with Crippen molar-refractivity contribution in [3.63, 3.8) is 0 Å². The van der Waals surface area contributed by atoms with Crippen LogP contribution in [0.1, 0.15) is 28.8 Å². The van der Waals surface area contributed by atoms with Gasteiger partial charge in [-0.1, -0.05) is 48.5 Å². The molecule has 4 aromatic rings. The van der Waals surface area contributed by atoms with Crippen LogP contribution in [0.5, 0.6) is 0 Å². The molecule has 2 bridgehead atoms. The number of likely N-dealkylation sites (tertiary alicyclic amines) is 2. The average molecular weight is 527 g/mol. The van der Waals surface area contributed by atoms with E-state index in [4.69, 9.17) is 0 Å². The Bertz CT molecular complexity index is 1550. The molecule has 3 aromatic carbocycles. The van der Waals surface area contributed by atoms with Gasteiger partial charge in [-0.3, -0.25) is 19.4 Å². The lowest BCUT2D eigenvalue weighted by molar-refractivity contribution is 0.0690. The van der Waals surface area contributed by atoms with Gasteiger partial charge in [0.1, 0.15) is 4.90 Å². The van der Waals surface area contributed by atoms with Crippen LogP contribution in [-0.2, 0) is 16.6 Å². The minimum atomic E-state index is -3.85. The fourth-order valence-electron chi connectivity index (χ4n) is 5.73. The highest BCUT2D eigenvalue weighted by atomic mass is 32.2. The second-order valence-corrected chi connectivity index (χ2v) is 11.9. The van der Waals surface area contributed by atoms with Gasteiger partial charge in [-0.2, -0.15) is 0 Å². The monoisotopic (exact) mass is 526 g/mol. The predicted molar refractivity (Wildman–Crippen MR) is 148 cm³/mol. The van der Waals surface area contributed by atoms with Gasteiger partial charge in [0, 0.05) is 55.1 Å². The molecular weight excluding hydrogens is 496 g/mol. The Kier molecular flexibility index (Phi) is 6.59. The van der Waals surface area contributed by atoms with E-state index in [0.29, 0.717) is 35.3 Å². The van der Waals surface area contributed by atoms with Crippen LogP contribution in [0.15, 0.2) is 96.0 Å². The number of carbonyl (C=O) groups is 1. The average Bonchev–Trinajstić information content (AvgIpc) is 3.17. The zero-order valence-electron chi connectivity index (χ0n) is 21.0. The van der Waals surface area contributed by atoms with Crippen LogP contribution in [0, 0.1) is 5.92 Å². The molecule has 2 aliphatic heterocycles. The minimum Gasteiger partial charge on any atom is -0.337 e. The number of nitrogens with zero attached hydrogens (tertiary/aromatic N) is 3. The molecule has 1 N–H and O–H groups in total. The molecule has 0 spiro atoms. The van der Waals surface area contributed by atoms with E-state index in [0.717, 1.165) is 37.9 Å². The number of para-hydroxylation sites is 1. The van der Waals surface area contributed by atoms with Crippen LogP contribution < -0.4 is 4.72 Å². The van der Waals surface area contributed by atoms with E-state index in [2.05, 4.69) is 38.9 Å². The molecule has 2 fully saturated rings. The Morgan fingerprint density at radius 1 is 0.921 bits per heavy atom. The molecule has 1 aromatic heterocycles. The molecule has 2 unspecified atom stereocenters. The van der Waals surface area contributed by atoms with Gasteiger partial charge in [0.05, 0.1) is 5.52 Å². The Morgan fingerprint density at radius 3 is 2.53 bits per heavy atom. The lowest BCUT2D eigenvalue weighted by Gasteiger charge is -2.32. The van der Waals surface area contributed by atoms with Crippen LogP contribution in [-0.4, -0.2) is 54.8 Å². The third-order valence-electron chi connectivity index (χ3n) is 7.64. The first kappa shape index (κ1) is 24.6. The van der Waals surface area contributed by atoms with Crippen LogP contribution in [0.3, 0.4) is 0 Å². The highest BCUT2D eigenvalue weighted by Crippen LogP contribution is 2.32. The van der Waals surface area contributed by atoms with Crippen molar-refractivity contribution in [2.75, 3.05) is 24.4 Å². The van der Waals surface area contributed by atoms with E-state index in [1.165, 1.54) is 5.56 Å². The van der Waals surface area contributed by atoms with E-state index < -0.39 is 10.0 Å². The molecule has 6 rings (SSSR count). The Balaban J connectivity index is 1.14. The second-order valence-electron chi connectivity index (χ2n) is 10.2. The summed E-state index contributed by atoms with van der Waals surface area (Å²) in [6, 6.07) is 26.2. The molecule has 194 valence electrons. The number of anilines is 1. The number of rotatable bonds is 6. The third kappa shape index (κ3) is 5.01. The molecule has 2 saturated heterocycles. The Hall–Kier alpha value is -3.75. The van der Waals surface area contributed by atoms with Gasteiger partial charge in [0.25, 0.3) is 15.9 Å². The first-order chi connectivity index (χ1) is 18.5. The maximum atomic E-state index is 13.4. The predicted octanol–water partition coefficient (Wildman–Crippen LogP) is 4.77. The standard InChI is InChI=1S/C30H30N4O3S/c35-30(33-17-15-23-18-27(21-33)34(20-23)19-22-6-2-1-3-7-22)25-11-13-26(14-12-25)32-38(36,37)28-10-4-8-24-9-5-16-31-29(24)28/h1-14,16,23,27,32H,15,17-21H2. The number of benzene rings is 3. The number of nitrogens with one attached hydrogen (secondary N) is 1. The number of carbonyl (C=O) groups excluding carboxylic acids is 1. The molecule has 1 amide bonds. The molecule has 8 heteroatoms. The van der Waals surface area contributed by atoms with Crippen LogP contribution >= 0.6 is 0 Å². The zero-order chi connectivity index (χ0) is 26.1. The Morgan fingerprint density at radius 2 is 1.71 bits per heavy atom. The topological polar surface area (TPSA) is 82.6 Å². The highest BCUT2D eigenvalue weighted by Gasteiger charge is 2.37. The number of fused-ring (bicyclic) bond motifs is 3. The molecular formula is C30H30N4O3S. The molecule has 0 radical (unpaired) electrons. The van der Waals surface area contributed by atoms with Gasteiger partial charge < -0.3 is 4.90 Å². The number of hydrogen-bond donors (Lipinski definition) is 1. The number of sulfonamides is 1. The first-order valence-electron chi connectivity index (χ1n) is 13.0. The molecule has 38 heavy (non-hydrogen) atoms. The summed E-state index contributed by atoms with van der Waals surface area (Å²) >= 11 is 0. The molecule has 2 aliphatic rings. The lowest BCUT2D eigenvalue weighted by atomic mass is 10.0. The maximum Gasteiger partial charge on any atom is 0.264 e. The quantitative estimate of drug-likeness (QED) is 0.391. The first-order valence-corrected chi connectivity index (χ1v) is 14.5. The summed E-state index contributed by atoms with van der Waals surface area (Å²) in [5.74, 6) is 0.603. The van der Waals surface area contributed by atoms with Crippen LogP contribution in [0.4, 0.5) is 5.69 Å². The number of amides is 1. The summed E-state index contributed by atoms with van der Waals surface area (Å²) < 4.78 is 28.9. The summed E-state index contributed by atoms with van der Waals surface area (Å²) in [6.45, 7) is 3.46. The normalized spacial score (nSPS) is 19.8. The van der Waals surface area contributed by atoms with E-state index in [-0.39, 0.29) is 10.8 Å². The number of hydrogen-bond acceptors (Lipinski definition) is 5.